The monoisotopic (exact) mass is 180 g/mol. The number of aryl methyl sites for hydroxylation is 1. The van der Waals surface area contributed by atoms with Crippen molar-refractivity contribution in [3.05, 3.63) is 23.9 Å². The molecule has 1 aromatic rings. The highest BCUT2D eigenvalue weighted by molar-refractivity contribution is 5.37. The smallest absolute Gasteiger partial charge is 0.126 e. The number of hydrogen-bond acceptors (Lipinski definition) is 3. The van der Waals surface area contributed by atoms with E-state index in [0.29, 0.717) is 12.6 Å². The zero-order valence-electron chi connectivity index (χ0n) is 8.37. The number of aromatic nitrogens is 1. The minimum atomic E-state index is 0.291. The third-order valence-corrected chi connectivity index (χ3v) is 1.73. The van der Waals surface area contributed by atoms with Crippen LogP contribution in [-0.2, 0) is 4.74 Å². The Balaban J connectivity index is 2.53. The molecule has 0 aliphatic heterocycles. The van der Waals surface area contributed by atoms with Crippen LogP contribution in [0.5, 0.6) is 0 Å². The third kappa shape index (κ3) is 3.42. The van der Waals surface area contributed by atoms with Crippen LogP contribution in [0.4, 0.5) is 5.82 Å². The highest BCUT2D eigenvalue weighted by Crippen LogP contribution is 2.06. The van der Waals surface area contributed by atoms with E-state index in [1.54, 1.807) is 13.3 Å². The van der Waals surface area contributed by atoms with Crippen molar-refractivity contribution >= 4 is 5.82 Å². The van der Waals surface area contributed by atoms with Gasteiger partial charge in [0.25, 0.3) is 0 Å². The Hall–Kier alpha value is -1.09. The highest BCUT2D eigenvalue weighted by Gasteiger charge is 2.01. The Morgan fingerprint density at radius 2 is 2.38 bits per heavy atom. The number of pyridine rings is 1. The first kappa shape index (κ1) is 9.99. The maximum atomic E-state index is 5.02. The summed E-state index contributed by atoms with van der Waals surface area (Å²) < 4.78 is 5.02. The quantitative estimate of drug-likeness (QED) is 0.767. The Bertz CT molecular complexity index is 263. The fourth-order valence-electron chi connectivity index (χ4n) is 1.16. The molecule has 0 spiro atoms. The number of ether oxygens (including phenoxy) is 1. The maximum absolute atomic E-state index is 5.02. The van der Waals surface area contributed by atoms with Crippen LogP contribution in [0.15, 0.2) is 18.3 Å². The Morgan fingerprint density at radius 3 is 3.00 bits per heavy atom. The summed E-state index contributed by atoms with van der Waals surface area (Å²) in [5, 5.41) is 3.25. The molecule has 0 amide bonds. The van der Waals surface area contributed by atoms with E-state index in [-0.39, 0.29) is 0 Å². The molecule has 72 valence electrons. The molecule has 1 aromatic heterocycles. The molecule has 0 aliphatic rings. The van der Waals surface area contributed by atoms with Crippen molar-refractivity contribution in [3.8, 4) is 0 Å². The minimum Gasteiger partial charge on any atom is -0.383 e. The molecule has 0 saturated heterocycles. The van der Waals surface area contributed by atoms with Gasteiger partial charge < -0.3 is 10.1 Å². The molecule has 0 aliphatic carbocycles. The van der Waals surface area contributed by atoms with Gasteiger partial charge in [0, 0.05) is 19.3 Å². The maximum Gasteiger partial charge on any atom is 0.126 e. The van der Waals surface area contributed by atoms with E-state index in [1.165, 1.54) is 5.56 Å². The van der Waals surface area contributed by atoms with Gasteiger partial charge >= 0.3 is 0 Å². The number of nitrogens with zero attached hydrogens (tertiary/aromatic N) is 1. The first-order chi connectivity index (χ1) is 6.22. The van der Waals surface area contributed by atoms with Crippen LogP contribution in [0, 0.1) is 6.92 Å². The van der Waals surface area contributed by atoms with Gasteiger partial charge in [-0.1, -0.05) is 0 Å². The predicted molar refractivity (Wildman–Crippen MR) is 53.9 cm³/mol. The minimum absolute atomic E-state index is 0.291. The number of nitrogens with one attached hydrogen (secondary N) is 1. The average Bonchev–Trinajstić information content (AvgIpc) is 2.04. The summed E-state index contributed by atoms with van der Waals surface area (Å²) in [6.07, 6.45) is 1.80. The summed E-state index contributed by atoms with van der Waals surface area (Å²) in [6, 6.07) is 4.29. The summed E-state index contributed by atoms with van der Waals surface area (Å²) in [7, 11) is 1.70. The van der Waals surface area contributed by atoms with Crippen molar-refractivity contribution in [3.63, 3.8) is 0 Å². The lowest BCUT2D eigenvalue weighted by Gasteiger charge is -2.13. The van der Waals surface area contributed by atoms with Crippen molar-refractivity contribution in [2.75, 3.05) is 19.0 Å². The van der Waals surface area contributed by atoms with Crippen LogP contribution in [-0.4, -0.2) is 24.7 Å². The van der Waals surface area contributed by atoms with Crippen LogP contribution in [0.25, 0.3) is 0 Å². The van der Waals surface area contributed by atoms with Crippen LogP contribution >= 0.6 is 0 Å². The fraction of sp³-hybridized carbons (Fsp3) is 0.500. The zero-order chi connectivity index (χ0) is 9.68. The molecular formula is C10H16N2O. The van der Waals surface area contributed by atoms with E-state index in [4.69, 9.17) is 4.74 Å². The molecule has 0 radical (unpaired) electrons. The van der Waals surface area contributed by atoms with Crippen molar-refractivity contribution in [1.29, 1.82) is 0 Å². The number of anilines is 1. The van der Waals surface area contributed by atoms with Crippen molar-refractivity contribution in [1.82, 2.24) is 4.98 Å². The second kappa shape index (κ2) is 4.82. The number of hydrogen-bond donors (Lipinski definition) is 1. The van der Waals surface area contributed by atoms with E-state index >= 15 is 0 Å². The van der Waals surface area contributed by atoms with Gasteiger partial charge in [-0.05, 0) is 31.5 Å². The largest absolute Gasteiger partial charge is 0.383 e. The molecule has 3 heteroatoms. The third-order valence-electron chi connectivity index (χ3n) is 1.73. The summed E-state index contributed by atoms with van der Waals surface area (Å²) >= 11 is 0. The molecule has 0 bridgehead atoms. The first-order valence-corrected chi connectivity index (χ1v) is 4.40. The molecule has 1 rings (SSSR count). The van der Waals surface area contributed by atoms with Crippen LogP contribution in [0.1, 0.15) is 12.5 Å². The van der Waals surface area contributed by atoms with Gasteiger partial charge in [0.1, 0.15) is 5.82 Å². The van der Waals surface area contributed by atoms with Gasteiger partial charge in [0.05, 0.1) is 6.61 Å². The van der Waals surface area contributed by atoms with Crippen LogP contribution < -0.4 is 5.32 Å². The normalized spacial score (nSPS) is 12.5. The van der Waals surface area contributed by atoms with E-state index in [2.05, 4.69) is 17.2 Å². The molecular weight excluding hydrogens is 164 g/mol. The van der Waals surface area contributed by atoms with Crippen LogP contribution in [0.2, 0.25) is 0 Å². The summed E-state index contributed by atoms with van der Waals surface area (Å²) in [5.74, 6) is 0.907. The fourth-order valence-corrected chi connectivity index (χ4v) is 1.16. The first-order valence-electron chi connectivity index (χ1n) is 4.40. The van der Waals surface area contributed by atoms with Crippen LogP contribution in [0.3, 0.4) is 0 Å². The van der Waals surface area contributed by atoms with Gasteiger partial charge in [-0.3, -0.25) is 0 Å². The second-order valence-electron chi connectivity index (χ2n) is 3.22. The molecule has 1 heterocycles. The van der Waals surface area contributed by atoms with Gasteiger partial charge in [-0.15, -0.1) is 0 Å². The highest BCUT2D eigenvalue weighted by atomic mass is 16.5. The SMILES string of the molecule is COC[C@@H](C)Nc1cc(C)ccn1. The van der Waals surface area contributed by atoms with Gasteiger partial charge in [-0.2, -0.15) is 0 Å². The molecule has 0 fully saturated rings. The molecule has 13 heavy (non-hydrogen) atoms. The lowest BCUT2D eigenvalue weighted by Crippen LogP contribution is -2.21. The molecule has 0 aromatic carbocycles. The molecule has 0 unspecified atom stereocenters. The predicted octanol–water partition coefficient (Wildman–Crippen LogP) is 1.84. The molecule has 0 saturated carbocycles. The summed E-state index contributed by atoms with van der Waals surface area (Å²) in [4.78, 5) is 4.20. The summed E-state index contributed by atoms with van der Waals surface area (Å²) in [5.41, 5.74) is 1.21. The second-order valence-corrected chi connectivity index (χ2v) is 3.22. The summed E-state index contributed by atoms with van der Waals surface area (Å²) in [6.45, 7) is 4.80. The van der Waals surface area contributed by atoms with E-state index in [0.717, 1.165) is 5.82 Å². The Labute approximate surface area is 79.1 Å². The van der Waals surface area contributed by atoms with E-state index in [1.807, 2.05) is 19.1 Å². The molecule has 1 N–H and O–H groups in total. The number of methoxy groups -OCH3 is 1. The molecule has 1 atom stereocenters. The van der Waals surface area contributed by atoms with Crippen molar-refractivity contribution in [2.24, 2.45) is 0 Å². The average molecular weight is 180 g/mol. The Kier molecular flexibility index (Phi) is 3.71. The molecule has 3 nitrogen and oxygen atoms in total. The number of rotatable bonds is 4. The van der Waals surface area contributed by atoms with Gasteiger partial charge in [0.2, 0.25) is 0 Å². The van der Waals surface area contributed by atoms with Crippen molar-refractivity contribution < 1.29 is 4.74 Å². The van der Waals surface area contributed by atoms with Gasteiger partial charge in [0.15, 0.2) is 0 Å². The van der Waals surface area contributed by atoms with Gasteiger partial charge in [-0.25, -0.2) is 4.98 Å². The lowest BCUT2D eigenvalue weighted by atomic mass is 10.3. The Morgan fingerprint density at radius 1 is 1.62 bits per heavy atom. The van der Waals surface area contributed by atoms with Crippen molar-refractivity contribution in [2.45, 2.75) is 19.9 Å². The van der Waals surface area contributed by atoms with E-state index in [9.17, 15) is 0 Å². The lowest BCUT2D eigenvalue weighted by molar-refractivity contribution is 0.190. The topological polar surface area (TPSA) is 34.1 Å². The van der Waals surface area contributed by atoms with E-state index < -0.39 is 0 Å². The zero-order valence-corrected chi connectivity index (χ0v) is 8.37. The standard InChI is InChI=1S/C10H16N2O/c1-8-4-5-11-10(6-8)12-9(2)7-13-3/h4-6,9H,7H2,1-3H3,(H,11,12)/t9-/m1/s1.